The Morgan fingerprint density at radius 2 is 1.57 bits per heavy atom. The van der Waals surface area contributed by atoms with Gasteiger partial charge in [-0.15, -0.1) is 0 Å². The molecule has 1 aliphatic heterocycles. The van der Waals surface area contributed by atoms with Crippen LogP contribution < -0.4 is 5.32 Å². The molecule has 14 heavy (non-hydrogen) atoms. The summed E-state index contributed by atoms with van der Waals surface area (Å²) in [5.41, 5.74) is 1.10. The zero-order chi connectivity index (χ0) is 10.4. The molecule has 1 N–H and O–H groups in total. The third-order valence-corrected chi connectivity index (χ3v) is 5.13. The summed E-state index contributed by atoms with van der Waals surface area (Å²) in [5, 5.41) is 3.75. The lowest BCUT2D eigenvalue weighted by molar-refractivity contribution is 0.393. The lowest BCUT2D eigenvalue weighted by atomic mass is 10.00. The molecule has 0 spiro atoms. The lowest BCUT2D eigenvalue weighted by Gasteiger charge is -2.17. The van der Waals surface area contributed by atoms with Gasteiger partial charge in [0.2, 0.25) is 0 Å². The maximum absolute atomic E-state index is 3.75. The fourth-order valence-electron chi connectivity index (χ4n) is 3.59. The van der Waals surface area contributed by atoms with Crippen molar-refractivity contribution in [2.75, 3.05) is 6.54 Å². The van der Waals surface area contributed by atoms with Crippen LogP contribution in [0.2, 0.25) is 0 Å². The van der Waals surface area contributed by atoms with Gasteiger partial charge in [0.15, 0.2) is 0 Å². The molecule has 1 saturated heterocycles. The SMILES string of the molecule is CC1(C)C(C2CCCCCN2)C1(C)C. The van der Waals surface area contributed by atoms with E-state index in [1.165, 1.54) is 32.2 Å². The smallest absolute Gasteiger partial charge is 0.0106 e. The summed E-state index contributed by atoms with van der Waals surface area (Å²) in [4.78, 5) is 0. The standard InChI is InChI=1S/C13H25N/c1-12(2)11(13(12,3)4)10-8-6-5-7-9-14-10/h10-11,14H,5-9H2,1-4H3. The van der Waals surface area contributed by atoms with Crippen molar-refractivity contribution in [2.45, 2.75) is 59.4 Å². The molecule has 2 rings (SSSR count). The Morgan fingerprint density at radius 3 is 2.14 bits per heavy atom. The van der Waals surface area contributed by atoms with E-state index in [1.54, 1.807) is 0 Å². The fraction of sp³-hybridized carbons (Fsp3) is 1.00. The molecule has 0 aromatic heterocycles. The molecule has 0 aromatic rings. The summed E-state index contributed by atoms with van der Waals surface area (Å²) in [6, 6.07) is 0.794. The van der Waals surface area contributed by atoms with Crippen molar-refractivity contribution < 1.29 is 0 Å². The van der Waals surface area contributed by atoms with Crippen LogP contribution in [0.3, 0.4) is 0 Å². The van der Waals surface area contributed by atoms with Crippen molar-refractivity contribution in [1.29, 1.82) is 0 Å². The zero-order valence-corrected chi connectivity index (χ0v) is 10.2. The Bertz CT molecular complexity index is 195. The van der Waals surface area contributed by atoms with Crippen LogP contribution in [0.1, 0.15) is 53.4 Å². The minimum atomic E-state index is 0.551. The van der Waals surface area contributed by atoms with E-state index in [-0.39, 0.29) is 0 Å². The van der Waals surface area contributed by atoms with E-state index in [0.29, 0.717) is 10.8 Å². The van der Waals surface area contributed by atoms with Crippen LogP contribution in [0.15, 0.2) is 0 Å². The van der Waals surface area contributed by atoms with E-state index in [4.69, 9.17) is 0 Å². The summed E-state index contributed by atoms with van der Waals surface area (Å²) in [6.07, 6.45) is 5.64. The topological polar surface area (TPSA) is 12.0 Å². The first kappa shape index (κ1) is 10.5. The first-order valence-electron chi connectivity index (χ1n) is 6.21. The van der Waals surface area contributed by atoms with Crippen molar-refractivity contribution in [3.63, 3.8) is 0 Å². The van der Waals surface area contributed by atoms with Gasteiger partial charge in [-0.1, -0.05) is 40.5 Å². The fourth-order valence-corrected chi connectivity index (χ4v) is 3.59. The van der Waals surface area contributed by atoms with Crippen molar-refractivity contribution in [3.8, 4) is 0 Å². The number of hydrogen-bond donors (Lipinski definition) is 1. The van der Waals surface area contributed by atoms with Crippen LogP contribution in [0, 0.1) is 16.7 Å². The Hall–Kier alpha value is -0.0400. The van der Waals surface area contributed by atoms with Gasteiger partial charge in [0.05, 0.1) is 0 Å². The number of rotatable bonds is 1. The zero-order valence-electron chi connectivity index (χ0n) is 10.2. The van der Waals surface area contributed by atoms with Crippen molar-refractivity contribution in [1.82, 2.24) is 5.32 Å². The molecular weight excluding hydrogens is 170 g/mol. The summed E-state index contributed by atoms with van der Waals surface area (Å²) >= 11 is 0. The predicted octanol–water partition coefficient (Wildman–Crippen LogP) is 3.20. The molecule has 1 saturated carbocycles. The molecule has 82 valence electrons. The monoisotopic (exact) mass is 195 g/mol. The highest BCUT2D eigenvalue weighted by Crippen LogP contribution is 2.70. The molecule has 2 aliphatic rings. The van der Waals surface area contributed by atoms with Gasteiger partial charge < -0.3 is 5.32 Å². The largest absolute Gasteiger partial charge is 0.314 e. The van der Waals surface area contributed by atoms with Crippen molar-refractivity contribution in [2.24, 2.45) is 16.7 Å². The van der Waals surface area contributed by atoms with E-state index in [0.717, 1.165) is 12.0 Å². The molecule has 0 radical (unpaired) electrons. The van der Waals surface area contributed by atoms with Crippen LogP contribution in [0.5, 0.6) is 0 Å². The number of nitrogens with one attached hydrogen (secondary N) is 1. The summed E-state index contributed by atoms with van der Waals surface area (Å²) in [6.45, 7) is 11.0. The highest BCUT2D eigenvalue weighted by atomic mass is 15.0. The molecule has 0 amide bonds. The second kappa shape index (κ2) is 3.23. The molecule has 1 atom stereocenters. The summed E-state index contributed by atoms with van der Waals surface area (Å²) < 4.78 is 0. The van der Waals surface area contributed by atoms with Crippen LogP contribution in [0.4, 0.5) is 0 Å². The normalized spacial score (nSPS) is 36.4. The average Bonchev–Trinajstić information content (AvgIpc) is 2.61. The van der Waals surface area contributed by atoms with Gasteiger partial charge in [-0.05, 0) is 36.1 Å². The first-order valence-corrected chi connectivity index (χ1v) is 6.21. The minimum Gasteiger partial charge on any atom is -0.314 e. The van der Waals surface area contributed by atoms with Crippen molar-refractivity contribution in [3.05, 3.63) is 0 Å². The minimum absolute atomic E-state index is 0.551. The van der Waals surface area contributed by atoms with E-state index >= 15 is 0 Å². The molecule has 1 unspecified atom stereocenters. The summed E-state index contributed by atoms with van der Waals surface area (Å²) in [7, 11) is 0. The second-order valence-electron chi connectivity index (χ2n) is 6.33. The van der Waals surface area contributed by atoms with Crippen LogP contribution in [0.25, 0.3) is 0 Å². The predicted molar refractivity (Wildman–Crippen MR) is 61.3 cm³/mol. The van der Waals surface area contributed by atoms with Gasteiger partial charge in [-0.25, -0.2) is 0 Å². The van der Waals surface area contributed by atoms with Crippen LogP contribution >= 0.6 is 0 Å². The van der Waals surface area contributed by atoms with E-state index in [2.05, 4.69) is 33.0 Å². The molecule has 1 heterocycles. The molecule has 1 heteroatoms. The summed E-state index contributed by atoms with van der Waals surface area (Å²) in [5.74, 6) is 0.896. The molecule has 0 aromatic carbocycles. The van der Waals surface area contributed by atoms with E-state index in [1.807, 2.05) is 0 Å². The van der Waals surface area contributed by atoms with Crippen LogP contribution in [-0.2, 0) is 0 Å². The lowest BCUT2D eigenvalue weighted by Crippen LogP contribution is -2.32. The van der Waals surface area contributed by atoms with E-state index < -0.39 is 0 Å². The Morgan fingerprint density at radius 1 is 0.929 bits per heavy atom. The average molecular weight is 195 g/mol. The third kappa shape index (κ3) is 1.41. The maximum atomic E-state index is 3.75. The molecule has 1 aliphatic carbocycles. The Kier molecular flexibility index (Phi) is 2.42. The molecule has 2 fully saturated rings. The van der Waals surface area contributed by atoms with Gasteiger partial charge >= 0.3 is 0 Å². The molecular formula is C13H25N. The van der Waals surface area contributed by atoms with Gasteiger partial charge in [0.25, 0.3) is 0 Å². The van der Waals surface area contributed by atoms with Gasteiger partial charge in [-0.3, -0.25) is 0 Å². The van der Waals surface area contributed by atoms with E-state index in [9.17, 15) is 0 Å². The highest BCUT2D eigenvalue weighted by Gasteiger charge is 2.66. The quantitative estimate of drug-likeness (QED) is 0.677. The van der Waals surface area contributed by atoms with Gasteiger partial charge in [-0.2, -0.15) is 0 Å². The Labute approximate surface area is 88.7 Å². The number of hydrogen-bond acceptors (Lipinski definition) is 1. The van der Waals surface area contributed by atoms with Crippen LogP contribution in [-0.4, -0.2) is 12.6 Å². The second-order valence-corrected chi connectivity index (χ2v) is 6.33. The maximum Gasteiger partial charge on any atom is 0.0106 e. The first-order chi connectivity index (χ1) is 6.48. The van der Waals surface area contributed by atoms with Gasteiger partial charge in [0.1, 0.15) is 0 Å². The van der Waals surface area contributed by atoms with Gasteiger partial charge in [0, 0.05) is 6.04 Å². The molecule has 0 bridgehead atoms. The Balaban J connectivity index is 2.02. The highest BCUT2D eigenvalue weighted by molar-refractivity contribution is 5.16. The van der Waals surface area contributed by atoms with Crippen molar-refractivity contribution >= 4 is 0 Å². The third-order valence-electron chi connectivity index (χ3n) is 5.13. The molecule has 1 nitrogen and oxygen atoms in total.